The number of aliphatic hydroxyl groups is 2. The number of unbranched alkanes of at least 4 members (excludes halogenated alkanes) is 1. The van der Waals surface area contributed by atoms with Gasteiger partial charge >= 0.3 is 0 Å². The highest BCUT2D eigenvalue weighted by molar-refractivity contribution is 5.82. The minimum absolute atomic E-state index is 0.0357. The van der Waals surface area contributed by atoms with Crippen LogP contribution >= 0.6 is 0 Å². The van der Waals surface area contributed by atoms with Crippen molar-refractivity contribution in [3.8, 4) is 11.3 Å². The number of nitrogens with zero attached hydrogens (tertiary/aromatic N) is 2. The van der Waals surface area contributed by atoms with Crippen molar-refractivity contribution in [2.24, 2.45) is 17.8 Å². The Hall–Kier alpha value is -3.34. The van der Waals surface area contributed by atoms with E-state index >= 15 is 0 Å². The molecule has 2 heterocycles. The van der Waals surface area contributed by atoms with E-state index in [0.717, 1.165) is 55.5 Å². The van der Waals surface area contributed by atoms with Gasteiger partial charge in [-0.15, -0.1) is 0 Å². The molecular formula is C35H52N6O4. The Labute approximate surface area is 267 Å². The van der Waals surface area contributed by atoms with Crippen LogP contribution in [0.4, 0.5) is 0 Å². The average molecular weight is 621 g/mol. The van der Waals surface area contributed by atoms with Crippen molar-refractivity contribution in [3.63, 3.8) is 0 Å². The second kappa shape index (κ2) is 17.4. The zero-order chi connectivity index (χ0) is 32.2. The number of nitrogens with one attached hydrogen (secondary N) is 4. The molecule has 1 fully saturated rings. The SMILES string of the molecule is CCCCNC(=O)C(CC(O)C(CC1CCCCC1)NC(=O)C(Cc1cnc[nH]1)NC(O)c1cccc2nccc-2c1)C(C)C. The van der Waals surface area contributed by atoms with E-state index in [0.29, 0.717) is 24.4 Å². The Morgan fingerprint density at radius 1 is 1.09 bits per heavy atom. The van der Waals surface area contributed by atoms with Gasteiger partial charge in [0.25, 0.3) is 0 Å². The monoisotopic (exact) mass is 620 g/mol. The summed E-state index contributed by atoms with van der Waals surface area (Å²) >= 11 is 0. The molecular weight excluding hydrogens is 568 g/mol. The summed E-state index contributed by atoms with van der Waals surface area (Å²) in [7, 11) is 0. The molecule has 5 atom stereocenters. The highest BCUT2D eigenvalue weighted by Crippen LogP contribution is 2.30. The number of aliphatic hydroxyl groups excluding tert-OH is 2. The van der Waals surface area contributed by atoms with Crippen molar-refractivity contribution in [2.45, 2.75) is 109 Å². The van der Waals surface area contributed by atoms with E-state index in [-0.39, 0.29) is 36.5 Å². The van der Waals surface area contributed by atoms with E-state index in [1.165, 1.54) is 6.42 Å². The molecule has 0 saturated heterocycles. The molecule has 10 nitrogen and oxygen atoms in total. The Balaban J connectivity index is 1.52. The van der Waals surface area contributed by atoms with Crippen molar-refractivity contribution >= 4 is 11.8 Å². The molecule has 6 N–H and O–H groups in total. The van der Waals surface area contributed by atoms with Crippen molar-refractivity contribution in [2.75, 3.05) is 6.54 Å². The molecule has 10 heteroatoms. The molecule has 5 unspecified atom stereocenters. The fraction of sp³-hybridized carbons (Fsp3) is 0.600. The number of aromatic amines is 1. The minimum atomic E-state index is -1.13. The topological polar surface area (TPSA) is 152 Å². The first-order valence-electron chi connectivity index (χ1n) is 16.8. The third kappa shape index (κ3) is 10.3. The van der Waals surface area contributed by atoms with Crippen molar-refractivity contribution in [1.29, 1.82) is 0 Å². The van der Waals surface area contributed by atoms with Gasteiger partial charge in [0, 0.05) is 42.5 Å². The van der Waals surface area contributed by atoms with Gasteiger partial charge in [-0.2, -0.15) is 0 Å². The van der Waals surface area contributed by atoms with Crippen LogP contribution in [0.1, 0.15) is 96.0 Å². The summed E-state index contributed by atoms with van der Waals surface area (Å²) in [4.78, 5) is 38.6. The first kappa shape index (κ1) is 34.5. The molecule has 3 aliphatic rings. The normalized spacial score (nSPS) is 17.5. The van der Waals surface area contributed by atoms with Crippen LogP contribution < -0.4 is 16.0 Å². The van der Waals surface area contributed by atoms with Crippen molar-refractivity contribution in [1.82, 2.24) is 30.9 Å². The maximum atomic E-state index is 14.0. The highest BCUT2D eigenvalue weighted by atomic mass is 16.3. The highest BCUT2D eigenvalue weighted by Gasteiger charge is 2.33. The molecule has 0 spiro atoms. The van der Waals surface area contributed by atoms with Crippen LogP contribution in [0, 0.1) is 17.8 Å². The van der Waals surface area contributed by atoms with Crippen molar-refractivity contribution in [3.05, 3.63) is 60.3 Å². The molecule has 1 aliphatic heterocycles. The third-order valence-corrected chi connectivity index (χ3v) is 9.17. The van der Waals surface area contributed by atoms with Gasteiger partial charge in [0.1, 0.15) is 6.23 Å². The predicted octanol–water partition coefficient (Wildman–Crippen LogP) is 4.50. The smallest absolute Gasteiger partial charge is 0.237 e. The quantitative estimate of drug-likeness (QED) is 0.0960. The summed E-state index contributed by atoms with van der Waals surface area (Å²) in [6.07, 6.45) is 11.6. The Bertz CT molecular complexity index is 1280. The maximum Gasteiger partial charge on any atom is 0.237 e. The molecule has 1 aromatic rings. The summed E-state index contributed by atoms with van der Waals surface area (Å²) < 4.78 is 0. The van der Waals surface area contributed by atoms with Crippen LogP contribution in [0.15, 0.2) is 49.1 Å². The minimum Gasteiger partial charge on any atom is -0.391 e. The number of carbonyl (C=O) groups is 2. The molecule has 45 heavy (non-hydrogen) atoms. The number of H-pyrrole nitrogens is 1. The van der Waals surface area contributed by atoms with Gasteiger partial charge in [0.15, 0.2) is 0 Å². The van der Waals surface area contributed by atoms with E-state index in [1.807, 2.05) is 38.1 Å². The van der Waals surface area contributed by atoms with Crippen LogP contribution in [0.25, 0.3) is 11.3 Å². The molecule has 4 rings (SSSR count). The van der Waals surface area contributed by atoms with Crippen LogP contribution in [-0.2, 0) is 16.0 Å². The molecule has 0 bridgehead atoms. The van der Waals surface area contributed by atoms with Crippen LogP contribution in [0.3, 0.4) is 0 Å². The summed E-state index contributed by atoms with van der Waals surface area (Å²) in [6, 6.07) is 7.91. The number of imidazole rings is 1. The number of fused-ring (bicyclic) bond motifs is 1. The summed E-state index contributed by atoms with van der Waals surface area (Å²) in [5.41, 5.74) is 3.05. The Morgan fingerprint density at radius 3 is 2.60 bits per heavy atom. The molecule has 1 aromatic heterocycles. The van der Waals surface area contributed by atoms with Gasteiger partial charge in [0.05, 0.1) is 30.2 Å². The lowest BCUT2D eigenvalue weighted by molar-refractivity contribution is -0.128. The van der Waals surface area contributed by atoms with Gasteiger partial charge in [0.2, 0.25) is 11.8 Å². The van der Waals surface area contributed by atoms with Gasteiger partial charge < -0.3 is 25.8 Å². The second-order valence-electron chi connectivity index (χ2n) is 13.0. The van der Waals surface area contributed by atoms with Crippen LogP contribution in [0.2, 0.25) is 0 Å². The summed E-state index contributed by atoms with van der Waals surface area (Å²) in [5.74, 6) is -0.313. The Morgan fingerprint density at radius 2 is 1.89 bits per heavy atom. The lowest BCUT2D eigenvalue weighted by atomic mass is 9.81. The van der Waals surface area contributed by atoms with E-state index in [2.05, 4.69) is 37.8 Å². The molecule has 2 aliphatic carbocycles. The van der Waals surface area contributed by atoms with Crippen molar-refractivity contribution < 1.29 is 19.8 Å². The molecule has 0 aromatic carbocycles. The van der Waals surface area contributed by atoms with Gasteiger partial charge in [-0.3, -0.25) is 19.9 Å². The summed E-state index contributed by atoms with van der Waals surface area (Å²) in [5, 5.41) is 32.2. The molecule has 1 saturated carbocycles. The zero-order valence-electron chi connectivity index (χ0n) is 27.0. The van der Waals surface area contributed by atoms with Crippen LogP contribution in [0.5, 0.6) is 0 Å². The number of carbonyl (C=O) groups excluding carboxylic acids is 2. The van der Waals surface area contributed by atoms with E-state index in [9.17, 15) is 19.8 Å². The first-order chi connectivity index (χ1) is 21.7. The molecule has 2 amide bonds. The fourth-order valence-corrected chi connectivity index (χ4v) is 6.40. The zero-order valence-corrected chi connectivity index (χ0v) is 27.0. The maximum absolute atomic E-state index is 14.0. The van der Waals surface area contributed by atoms with Gasteiger partial charge in [-0.05, 0) is 54.9 Å². The molecule has 246 valence electrons. The first-order valence-corrected chi connectivity index (χ1v) is 16.8. The largest absolute Gasteiger partial charge is 0.391 e. The lowest BCUT2D eigenvalue weighted by Gasteiger charge is -2.33. The second-order valence-corrected chi connectivity index (χ2v) is 13.0. The number of hydrogen-bond donors (Lipinski definition) is 6. The van der Waals surface area contributed by atoms with E-state index < -0.39 is 24.4 Å². The van der Waals surface area contributed by atoms with E-state index in [4.69, 9.17) is 0 Å². The average Bonchev–Trinajstić information content (AvgIpc) is 3.66. The number of aromatic nitrogens is 3. The number of rotatable bonds is 17. The lowest BCUT2D eigenvalue weighted by Crippen LogP contribution is -2.54. The number of amides is 2. The van der Waals surface area contributed by atoms with Gasteiger partial charge in [-0.25, -0.2) is 4.98 Å². The van der Waals surface area contributed by atoms with Crippen LogP contribution in [-0.4, -0.2) is 61.7 Å². The summed E-state index contributed by atoms with van der Waals surface area (Å²) in [6.45, 7) is 6.70. The third-order valence-electron chi connectivity index (χ3n) is 9.17. The number of hydrogen-bond acceptors (Lipinski definition) is 7. The standard InChI is InChI=1S/C35H52N6O4/c1-4-5-15-38-34(44)28(23(2)3)20-32(42)30(17-24-10-7-6-8-11-24)40-35(45)31(19-27-21-36-22-39-27)41-33(43)26-12-9-13-29-25(18-26)14-16-37-29/h9,12-14,16,18,21-24,28,30-33,41-43H,4-8,10-11,15,17,19-20H2,1-3H3,(H,36,39)(H,38,44)(H,40,45). The fourth-order valence-electron chi connectivity index (χ4n) is 6.40. The molecule has 0 radical (unpaired) electrons. The van der Waals surface area contributed by atoms with Gasteiger partial charge in [-0.1, -0.05) is 71.4 Å². The van der Waals surface area contributed by atoms with E-state index in [1.54, 1.807) is 24.8 Å². The predicted molar refractivity (Wildman–Crippen MR) is 175 cm³/mol. The Kier molecular flexibility index (Phi) is 13.3.